The number of rotatable bonds is 17. The molecule has 26 aromatic carbocycles. The highest BCUT2D eigenvalue weighted by Gasteiger charge is 2.27. The first-order valence-electron chi connectivity index (χ1n) is 51.2. The van der Waals surface area contributed by atoms with Crippen molar-refractivity contribution < 1.29 is 13.3 Å². The molecule has 0 amide bonds. The molecule has 3 heterocycles. The Morgan fingerprint density at radius 2 is 0.320 bits per heavy atom. The van der Waals surface area contributed by atoms with Gasteiger partial charge in [-0.1, -0.05) is 455 Å². The molecule has 704 valence electrons. The Kier molecular flexibility index (Phi) is 22.9. The van der Waals surface area contributed by atoms with Crippen LogP contribution in [-0.4, -0.2) is 0 Å². The molecule has 0 aliphatic carbocycles. The summed E-state index contributed by atoms with van der Waals surface area (Å²) in [4.78, 5) is 6.93. The third-order valence-corrected chi connectivity index (χ3v) is 29.6. The smallest absolute Gasteiger partial charge is 0.159 e. The maximum Gasteiger partial charge on any atom is 0.159 e. The average molecular weight is 1920 g/mol. The van der Waals surface area contributed by atoms with Crippen molar-refractivity contribution in [3.63, 3.8) is 0 Å². The highest BCUT2D eigenvalue weighted by Crippen LogP contribution is 2.52. The van der Waals surface area contributed by atoms with E-state index < -0.39 is 0 Å². The summed E-state index contributed by atoms with van der Waals surface area (Å²) in [6, 6.07) is 205. The largest absolute Gasteiger partial charge is 0.453 e. The van der Waals surface area contributed by atoms with Crippen LogP contribution in [0.15, 0.2) is 590 Å². The van der Waals surface area contributed by atoms with Gasteiger partial charge in [0.1, 0.15) is 16.7 Å². The van der Waals surface area contributed by atoms with E-state index in [4.69, 9.17) is 13.3 Å². The van der Waals surface area contributed by atoms with Gasteiger partial charge in [0.25, 0.3) is 0 Å². The maximum atomic E-state index is 7.02. The van der Waals surface area contributed by atoms with Crippen molar-refractivity contribution in [2.75, 3.05) is 14.7 Å². The van der Waals surface area contributed by atoms with Gasteiger partial charge in [-0.2, -0.15) is 0 Å². The zero-order valence-corrected chi connectivity index (χ0v) is 81.9. The zero-order valence-electron chi connectivity index (χ0n) is 81.9. The summed E-state index contributed by atoms with van der Waals surface area (Å²) in [5.74, 6) is 0. The van der Waals surface area contributed by atoms with Crippen LogP contribution in [0.25, 0.3) is 219 Å². The van der Waals surface area contributed by atoms with Crippen molar-refractivity contribution in [3.8, 4) is 89.0 Å². The molecule has 0 aliphatic heterocycles. The first kappa shape index (κ1) is 89.0. The van der Waals surface area contributed by atoms with Crippen molar-refractivity contribution in [1.29, 1.82) is 0 Å². The lowest BCUT2D eigenvalue weighted by Gasteiger charge is -2.26. The standard InChI is InChI=1S/2C50H33NO.C44H29NO/c1-4-13-35(14-5-1)42-31-28-39(33-46(42)36-15-6-2-7-16-36)34-25-29-41(30-26-34)51(40-18-8-3-9-19-40)47-22-12-21-44-45-32-27-38-24-23-37-17-10-11-20-43(37)48(38)50(45)52-49(44)47;1-3-10-34(11-4-1)36-18-20-37(21-19-36)39-26-31-43(32-27-39)51(42-29-24-38(25-30-42)35-12-5-2-6-13-35)47-17-9-16-45-46-33-28-41-23-22-40-14-7-8-15-44(40)48(41)50(46)52-49(45)47;1-3-11-30(12-4-1)34-14-9-15-35(29-34)31-23-26-37(27-24-31)45(36-16-5-2-6-17-36)41-20-10-19-39-40-28-25-33-22-21-32-13-7-8-18-38(32)42(33)44(40)46-43(39)41/h2*1-33H;1-29H. The average Bonchev–Trinajstić information content (AvgIpc) is 1.58. The molecule has 0 unspecified atom stereocenters. The van der Waals surface area contributed by atoms with Crippen LogP contribution in [0.5, 0.6) is 0 Å². The van der Waals surface area contributed by atoms with E-state index in [0.29, 0.717) is 0 Å². The quantitative estimate of drug-likeness (QED) is 0.0847. The summed E-state index contributed by atoms with van der Waals surface area (Å²) in [7, 11) is 0. The van der Waals surface area contributed by atoms with Crippen LogP contribution in [0.4, 0.5) is 51.2 Å². The van der Waals surface area contributed by atoms with Gasteiger partial charge in [0.05, 0.1) is 17.1 Å². The second-order valence-electron chi connectivity index (χ2n) is 38.4. The van der Waals surface area contributed by atoms with Gasteiger partial charge in [-0.3, -0.25) is 0 Å². The van der Waals surface area contributed by atoms with Crippen LogP contribution in [0.2, 0.25) is 0 Å². The summed E-state index contributed by atoms with van der Waals surface area (Å²) in [5.41, 5.74) is 33.9. The minimum Gasteiger partial charge on any atom is -0.453 e. The first-order valence-corrected chi connectivity index (χ1v) is 51.2. The van der Waals surface area contributed by atoms with Gasteiger partial charge in [-0.05, 0) is 259 Å². The van der Waals surface area contributed by atoms with Gasteiger partial charge in [-0.15, -0.1) is 0 Å². The molecule has 0 atom stereocenters. The molecule has 29 aromatic rings. The third-order valence-electron chi connectivity index (χ3n) is 29.6. The van der Waals surface area contributed by atoms with E-state index in [-0.39, 0.29) is 0 Å². The molecule has 0 spiro atoms. The molecule has 0 saturated carbocycles. The minimum absolute atomic E-state index is 0.866. The Morgan fingerprint density at radius 3 is 0.647 bits per heavy atom. The number of nitrogens with zero attached hydrogens (tertiary/aromatic N) is 3. The summed E-state index contributed by atoms with van der Waals surface area (Å²) >= 11 is 0. The fraction of sp³-hybridized carbons (Fsp3) is 0. The molecule has 29 rings (SSSR count). The Morgan fingerprint density at radius 1 is 0.113 bits per heavy atom. The van der Waals surface area contributed by atoms with Gasteiger partial charge < -0.3 is 28.0 Å². The normalized spacial score (nSPS) is 11.5. The molecule has 0 radical (unpaired) electrons. The highest BCUT2D eigenvalue weighted by atomic mass is 16.3. The van der Waals surface area contributed by atoms with Crippen molar-refractivity contribution in [1.82, 2.24) is 0 Å². The number of fused-ring (bicyclic) bond motifs is 21. The lowest BCUT2D eigenvalue weighted by Crippen LogP contribution is -2.10. The van der Waals surface area contributed by atoms with Crippen molar-refractivity contribution in [3.05, 3.63) is 576 Å². The maximum absolute atomic E-state index is 7.02. The number of benzene rings is 26. The first-order chi connectivity index (χ1) is 74.4. The van der Waals surface area contributed by atoms with Gasteiger partial charge in [-0.25, -0.2) is 0 Å². The van der Waals surface area contributed by atoms with E-state index in [1.807, 2.05) is 0 Å². The van der Waals surface area contributed by atoms with Gasteiger partial charge in [0.2, 0.25) is 0 Å². The fourth-order valence-corrected chi connectivity index (χ4v) is 22.2. The van der Waals surface area contributed by atoms with Crippen LogP contribution >= 0.6 is 0 Å². The predicted molar refractivity (Wildman–Crippen MR) is 634 cm³/mol. The Balaban J connectivity index is 0.000000111. The molecular formula is C144H95N3O3. The lowest BCUT2D eigenvalue weighted by molar-refractivity contribution is 0.672. The van der Waals surface area contributed by atoms with E-state index in [1.54, 1.807) is 0 Å². The molecule has 3 aromatic heterocycles. The van der Waals surface area contributed by atoms with Crippen LogP contribution in [0, 0.1) is 0 Å². The summed E-state index contributed by atoms with van der Waals surface area (Å²) in [5, 5.41) is 20.9. The molecule has 0 fully saturated rings. The topological polar surface area (TPSA) is 49.1 Å². The van der Waals surface area contributed by atoms with Crippen LogP contribution in [0.1, 0.15) is 0 Å². The van der Waals surface area contributed by atoms with E-state index in [1.165, 1.54) is 132 Å². The van der Waals surface area contributed by atoms with E-state index in [2.05, 4.69) is 591 Å². The zero-order chi connectivity index (χ0) is 99.3. The molecule has 0 bridgehead atoms. The van der Waals surface area contributed by atoms with Gasteiger partial charge >= 0.3 is 0 Å². The summed E-state index contributed by atoms with van der Waals surface area (Å²) in [6.07, 6.45) is 0. The fourth-order valence-electron chi connectivity index (χ4n) is 22.2. The van der Waals surface area contributed by atoms with Gasteiger partial charge in [0, 0.05) is 82.6 Å². The van der Waals surface area contributed by atoms with Crippen LogP contribution < -0.4 is 14.7 Å². The monoisotopic (exact) mass is 1910 g/mol. The highest BCUT2D eigenvalue weighted by molar-refractivity contribution is 6.28. The van der Waals surface area contributed by atoms with E-state index >= 15 is 0 Å². The predicted octanol–water partition coefficient (Wildman–Crippen LogP) is 41.4. The number of hydrogen-bond donors (Lipinski definition) is 0. The van der Waals surface area contributed by atoms with Crippen LogP contribution in [0.3, 0.4) is 0 Å². The molecule has 0 N–H and O–H groups in total. The Labute approximate surface area is 868 Å². The second kappa shape index (κ2) is 38.6. The number of hydrogen-bond acceptors (Lipinski definition) is 6. The molecule has 6 nitrogen and oxygen atoms in total. The molecular weight excluding hydrogens is 1820 g/mol. The van der Waals surface area contributed by atoms with Crippen molar-refractivity contribution in [2.24, 2.45) is 0 Å². The number of anilines is 9. The second-order valence-corrected chi connectivity index (χ2v) is 38.4. The number of para-hydroxylation sites is 5. The SMILES string of the molecule is c1ccc(-c2ccc(-c3ccc(N(c4ccc(-c5ccccc5)cc4)c4cccc5c4oc4c5ccc5ccc6ccccc6c54)cc3)cc2)cc1.c1ccc(-c2ccc(-c3ccc(N(c4ccccc4)c4cccc5c4oc4c5ccc5ccc6ccccc6c54)cc3)cc2-c2ccccc2)cc1.c1ccc(-c2cccc(-c3ccc(N(c4ccccc4)c4cccc5c4oc4c5ccc5ccc6ccccc6c54)cc3)c2)cc1. The van der Waals surface area contributed by atoms with E-state index in [9.17, 15) is 0 Å². The van der Waals surface area contributed by atoms with Crippen LogP contribution in [-0.2, 0) is 0 Å². The van der Waals surface area contributed by atoms with Crippen molar-refractivity contribution in [2.45, 2.75) is 0 Å². The van der Waals surface area contributed by atoms with Crippen molar-refractivity contribution >= 4 is 182 Å². The third kappa shape index (κ3) is 16.5. The summed E-state index contributed by atoms with van der Waals surface area (Å²) in [6.45, 7) is 0. The Bertz CT molecular complexity index is 10100. The number of furan rings is 3. The lowest BCUT2D eigenvalue weighted by atomic mass is 9.91. The Hall–Kier alpha value is -19.9. The van der Waals surface area contributed by atoms with E-state index in [0.717, 1.165) is 139 Å². The minimum atomic E-state index is 0.866. The van der Waals surface area contributed by atoms with Gasteiger partial charge in [0.15, 0.2) is 16.7 Å². The molecule has 0 saturated heterocycles. The molecule has 0 aliphatic rings. The summed E-state index contributed by atoms with van der Waals surface area (Å²) < 4.78 is 20.9. The molecule has 150 heavy (non-hydrogen) atoms. The molecule has 6 heteroatoms.